The van der Waals surface area contributed by atoms with E-state index in [9.17, 15) is 18.0 Å². The molecule has 9 heteroatoms. The lowest BCUT2D eigenvalue weighted by molar-refractivity contribution is -0.110. The zero-order valence-corrected chi connectivity index (χ0v) is 10.8. The molecule has 2 rings (SSSR count). The van der Waals surface area contributed by atoms with Crippen molar-refractivity contribution >= 4 is 37.6 Å². The fourth-order valence-electron chi connectivity index (χ4n) is 1.27. The molecule has 98 valence electrons. The third-order valence-corrected chi connectivity index (χ3v) is 2.43. The number of rotatable bonds is 1. The summed E-state index contributed by atoms with van der Waals surface area (Å²) in [5, 5.41) is 0. The SMILES string of the molecule is O=C1C=Cc2ccccc2C1=O.[N-]=[N+]=NS(=O)(=O)Cl. The van der Waals surface area contributed by atoms with E-state index in [0.29, 0.717) is 5.56 Å². The van der Waals surface area contributed by atoms with E-state index in [1.807, 2.05) is 17.0 Å². The summed E-state index contributed by atoms with van der Waals surface area (Å²) < 4.78 is 21.3. The summed E-state index contributed by atoms with van der Waals surface area (Å²) in [4.78, 5) is 24.0. The molecule has 1 aromatic rings. The van der Waals surface area contributed by atoms with Gasteiger partial charge in [0, 0.05) is 25.7 Å². The summed E-state index contributed by atoms with van der Waals surface area (Å²) in [6.45, 7) is 0. The molecular formula is C10H6ClN3O4S. The number of hydrogen-bond donors (Lipinski definition) is 0. The van der Waals surface area contributed by atoms with E-state index < -0.39 is 20.8 Å². The van der Waals surface area contributed by atoms with Gasteiger partial charge in [-0.3, -0.25) is 9.59 Å². The first-order chi connectivity index (χ1) is 8.85. The summed E-state index contributed by atoms with van der Waals surface area (Å²) >= 11 is 0. The van der Waals surface area contributed by atoms with Gasteiger partial charge < -0.3 is 0 Å². The number of azide groups is 1. The Morgan fingerprint density at radius 2 is 1.79 bits per heavy atom. The molecule has 0 heterocycles. The summed E-state index contributed by atoms with van der Waals surface area (Å²) in [5.41, 5.74) is 8.72. The van der Waals surface area contributed by atoms with Crippen molar-refractivity contribution in [3.8, 4) is 0 Å². The molecule has 0 saturated heterocycles. The predicted octanol–water partition coefficient (Wildman–Crippen LogP) is 2.25. The first kappa shape index (κ1) is 14.9. The lowest BCUT2D eigenvalue weighted by Gasteiger charge is -2.06. The Morgan fingerprint density at radius 3 is 2.32 bits per heavy atom. The van der Waals surface area contributed by atoms with E-state index in [-0.39, 0.29) is 0 Å². The van der Waals surface area contributed by atoms with Gasteiger partial charge in [-0.05, 0) is 17.2 Å². The molecule has 0 unspecified atom stereocenters. The Bertz CT molecular complexity index is 705. The Hall–Kier alpha value is -2.15. The van der Waals surface area contributed by atoms with Gasteiger partial charge in [-0.1, -0.05) is 30.3 Å². The largest absolute Gasteiger partial charge is 0.320 e. The van der Waals surface area contributed by atoms with Crippen molar-refractivity contribution in [3.63, 3.8) is 0 Å². The highest BCUT2D eigenvalue weighted by Crippen LogP contribution is 2.16. The number of benzene rings is 1. The average Bonchev–Trinajstić information content (AvgIpc) is 2.34. The van der Waals surface area contributed by atoms with Gasteiger partial charge in [0.1, 0.15) is 0 Å². The normalized spacial score (nSPS) is 12.9. The van der Waals surface area contributed by atoms with Gasteiger partial charge in [-0.25, -0.2) is 8.42 Å². The standard InChI is InChI=1S/C10H6O2.ClN3O2S/c11-9-6-5-7-3-1-2-4-8(7)10(9)12;1-7(5,6)4-3-2/h1-6H;. The quantitative estimate of drug-likeness (QED) is 0.260. The third-order valence-electron chi connectivity index (χ3n) is 1.98. The van der Waals surface area contributed by atoms with Gasteiger partial charge >= 0.3 is 9.24 Å². The molecule has 1 aliphatic rings. The van der Waals surface area contributed by atoms with Crippen LogP contribution in [0.25, 0.3) is 16.5 Å². The average molecular weight is 300 g/mol. The second kappa shape index (κ2) is 6.14. The van der Waals surface area contributed by atoms with Crippen LogP contribution in [0.3, 0.4) is 0 Å². The highest BCUT2D eigenvalue weighted by Gasteiger charge is 2.19. The smallest absolute Gasteiger partial charge is 0.286 e. The number of fused-ring (bicyclic) bond motifs is 1. The Labute approximate surface area is 112 Å². The number of halogens is 1. The summed E-state index contributed by atoms with van der Waals surface area (Å²) in [5.74, 6) is -0.846. The molecule has 0 aliphatic heterocycles. The zero-order valence-electron chi connectivity index (χ0n) is 9.22. The van der Waals surface area contributed by atoms with Crippen LogP contribution >= 0.6 is 10.7 Å². The van der Waals surface area contributed by atoms with Crippen molar-refractivity contribution in [2.45, 2.75) is 0 Å². The van der Waals surface area contributed by atoms with E-state index in [1.165, 1.54) is 6.08 Å². The van der Waals surface area contributed by atoms with Gasteiger partial charge in [0.05, 0.1) is 0 Å². The molecule has 19 heavy (non-hydrogen) atoms. The predicted molar refractivity (Wildman–Crippen MR) is 68.7 cm³/mol. The molecule has 0 N–H and O–H groups in total. The number of allylic oxidation sites excluding steroid dienone is 1. The second-order valence-electron chi connectivity index (χ2n) is 3.20. The Balaban J connectivity index is 0.000000224. The third kappa shape index (κ3) is 4.55. The van der Waals surface area contributed by atoms with Crippen LogP contribution < -0.4 is 0 Å². The number of Topliss-reactive ketones (excluding diaryl/α,β-unsaturated/α-hetero) is 1. The molecule has 0 spiro atoms. The highest BCUT2D eigenvalue weighted by molar-refractivity contribution is 8.12. The summed E-state index contributed by atoms with van der Waals surface area (Å²) in [6.07, 6.45) is 2.98. The van der Waals surface area contributed by atoms with Crippen molar-refractivity contribution < 1.29 is 18.0 Å². The zero-order chi connectivity index (χ0) is 14.5. The van der Waals surface area contributed by atoms with Gasteiger partial charge in [0.25, 0.3) is 0 Å². The van der Waals surface area contributed by atoms with E-state index >= 15 is 0 Å². The first-order valence-corrected chi connectivity index (χ1v) is 6.98. The van der Waals surface area contributed by atoms with Crippen LogP contribution in [0.4, 0.5) is 0 Å². The van der Waals surface area contributed by atoms with E-state index in [1.54, 1.807) is 18.2 Å². The Morgan fingerprint density at radius 1 is 1.16 bits per heavy atom. The molecule has 1 aliphatic carbocycles. The van der Waals surface area contributed by atoms with Crippen molar-refractivity contribution in [3.05, 3.63) is 51.9 Å². The lowest BCUT2D eigenvalue weighted by Crippen LogP contribution is -2.15. The van der Waals surface area contributed by atoms with Gasteiger partial charge in [-0.15, -0.1) is 0 Å². The van der Waals surface area contributed by atoms with Crippen molar-refractivity contribution in [1.82, 2.24) is 0 Å². The number of nitrogens with zero attached hydrogens (tertiary/aromatic N) is 3. The maximum Gasteiger partial charge on any atom is 0.320 e. The summed E-state index contributed by atoms with van der Waals surface area (Å²) in [7, 11) is 0.391. The molecule has 0 atom stereocenters. The minimum atomic E-state index is -3.99. The lowest BCUT2D eigenvalue weighted by atomic mass is 9.96. The number of ketones is 2. The van der Waals surface area contributed by atoms with E-state index in [2.05, 4.69) is 15.2 Å². The molecule has 1 aromatic carbocycles. The molecule has 0 saturated carbocycles. The van der Waals surface area contributed by atoms with Crippen LogP contribution in [0.5, 0.6) is 0 Å². The van der Waals surface area contributed by atoms with Crippen molar-refractivity contribution in [2.75, 3.05) is 0 Å². The number of carbonyl (C=O) groups is 2. The monoisotopic (exact) mass is 299 g/mol. The minimum absolute atomic E-state index is 0.409. The van der Waals surface area contributed by atoms with Gasteiger partial charge in [-0.2, -0.15) is 0 Å². The molecule has 0 radical (unpaired) electrons. The molecule has 0 aromatic heterocycles. The van der Waals surface area contributed by atoms with Gasteiger partial charge in [0.15, 0.2) is 0 Å². The van der Waals surface area contributed by atoms with Crippen LogP contribution in [0.15, 0.2) is 34.9 Å². The van der Waals surface area contributed by atoms with Crippen LogP contribution in [0.2, 0.25) is 0 Å². The van der Waals surface area contributed by atoms with Gasteiger partial charge in [0.2, 0.25) is 11.6 Å². The second-order valence-corrected chi connectivity index (χ2v) is 5.35. The van der Waals surface area contributed by atoms with Crippen LogP contribution in [-0.4, -0.2) is 20.0 Å². The topological polar surface area (TPSA) is 117 Å². The number of hydrogen-bond acceptors (Lipinski definition) is 4. The fraction of sp³-hybridized carbons (Fsp3) is 0. The minimum Gasteiger partial charge on any atom is -0.286 e. The van der Waals surface area contributed by atoms with Crippen LogP contribution in [0, 0.1) is 0 Å². The number of carbonyl (C=O) groups excluding carboxylic acids is 2. The fourth-order valence-corrected chi connectivity index (χ4v) is 1.44. The van der Waals surface area contributed by atoms with Crippen molar-refractivity contribution in [1.29, 1.82) is 0 Å². The van der Waals surface area contributed by atoms with Crippen LogP contribution in [-0.2, 0) is 14.0 Å². The molecule has 7 nitrogen and oxygen atoms in total. The van der Waals surface area contributed by atoms with E-state index in [0.717, 1.165) is 5.56 Å². The van der Waals surface area contributed by atoms with Crippen molar-refractivity contribution in [2.24, 2.45) is 4.52 Å². The maximum absolute atomic E-state index is 11.2. The molecule has 0 bridgehead atoms. The highest BCUT2D eigenvalue weighted by atomic mass is 35.7. The first-order valence-electron chi connectivity index (χ1n) is 4.72. The Kier molecular flexibility index (Phi) is 4.82. The van der Waals surface area contributed by atoms with Crippen LogP contribution in [0.1, 0.15) is 15.9 Å². The molecule has 0 fully saturated rings. The molecule has 0 amide bonds. The maximum atomic E-state index is 11.2. The molecular weight excluding hydrogens is 294 g/mol. The van der Waals surface area contributed by atoms with E-state index in [4.69, 9.17) is 5.53 Å². The summed E-state index contributed by atoms with van der Waals surface area (Å²) in [6, 6.07) is 7.07.